The van der Waals surface area contributed by atoms with Crippen LogP contribution in [0.15, 0.2) is 60.0 Å². The maximum Gasteiger partial charge on any atom is 0.324 e. The van der Waals surface area contributed by atoms with E-state index in [2.05, 4.69) is 46.2 Å². The summed E-state index contributed by atoms with van der Waals surface area (Å²) in [5.74, 6) is 0.588. The maximum atomic E-state index is 13.1. The summed E-state index contributed by atoms with van der Waals surface area (Å²) in [6.45, 7) is 10.4. The van der Waals surface area contributed by atoms with Crippen LogP contribution in [0.5, 0.6) is 5.75 Å². The Morgan fingerprint density at radius 1 is 1.04 bits per heavy atom. The van der Waals surface area contributed by atoms with Crippen LogP contribution in [0.25, 0.3) is 20.8 Å². The van der Waals surface area contributed by atoms with E-state index in [1.54, 1.807) is 22.8 Å². The van der Waals surface area contributed by atoms with Crippen LogP contribution < -0.4 is 15.5 Å². The van der Waals surface area contributed by atoms with Crippen LogP contribution in [0, 0.1) is 5.41 Å². The lowest BCUT2D eigenvalue weighted by atomic mass is 9.72. The summed E-state index contributed by atoms with van der Waals surface area (Å²) in [4.78, 5) is 27.0. The van der Waals surface area contributed by atoms with Gasteiger partial charge in [0.1, 0.15) is 16.6 Å². The van der Waals surface area contributed by atoms with E-state index in [0.29, 0.717) is 27.5 Å². The standard InChI is InChI=1S/C34H34Cl2N6O2S2/c1-33(2,3)18-41-14-12-34(13-15-41)19-42(24-7-5-4-6-22(24)38-32(44)40-27-17-45-31(36)39-27)29-25(43)11-9-21(28(29)34)30-37-23-10-8-20(35)16-26(23)46-30/h4-11,16-17,43H,12-15,18-19H2,1-3H3,(H2,38,40,44). The minimum Gasteiger partial charge on any atom is -0.506 e. The molecule has 2 aliphatic heterocycles. The third kappa shape index (κ3) is 6.04. The predicted molar refractivity (Wildman–Crippen MR) is 192 cm³/mol. The summed E-state index contributed by atoms with van der Waals surface area (Å²) < 4.78 is 1.38. The van der Waals surface area contributed by atoms with Crippen LogP contribution in [-0.2, 0) is 5.41 Å². The molecule has 0 unspecified atom stereocenters. The molecule has 1 fully saturated rings. The minimum absolute atomic E-state index is 0.199. The smallest absolute Gasteiger partial charge is 0.324 e. The Morgan fingerprint density at radius 3 is 2.57 bits per heavy atom. The number of fused-ring (bicyclic) bond motifs is 3. The fourth-order valence-corrected chi connectivity index (χ4v) is 8.83. The Hall–Kier alpha value is -3.41. The molecule has 46 heavy (non-hydrogen) atoms. The topological polar surface area (TPSA) is 93.6 Å². The number of rotatable bonds is 5. The number of halogens is 2. The Balaban J connectivity index is 1.31. The van der Waals surface area contributed by atoms with Gasteiger partial charge in [0.05, 0.1) is 27.3 Å². The van der Waals surface area contributed by atoms with Crippen molar-refractivity contribution in [3.63, 3.8) is 0 Å². The summed E-state index contributed by atoms with van der Waals surface area (Å²) in [5, 5.41) is 20.6. The van der Waals surface area contributed by atoms with Gasteiger partial charge in [-0.25, -0.2) is 14.8 Å². The molecule has 2 aromatic heterocycles. The molecule has 1 saturated heterocycles. The summed E-state index contributed by atoms with van der Waals surface area (Å²) in [6, 6.07) is 16.8. The van der Waals surface area contributed by atoms with Gasteiger partial charge in [-0.05, 0) is 79.4 Å². The highest BCUT2D eigenvalue weighted by molar-refractivity contribution is 7.21. The number of benzene rings is 3. The lowest BCUT2D eigenvalue weighted by molar-refractivity contribution is 0.125. The number of para-hydroxylation sites is 2. The summed E-state index contributed by atoms with van der Waals surface area (Å²) >= 11 is 15.2. The quantitative estimate of drug-likeness (QED) is 0.170. The number of aromatic hydroxyl groups is 1. The SMILES string of the molecule is CC(C)(C)CN1CCC2(CC1)CN(c1ccccc1NC(=O)Nc1csc(Cl)n1)c1c(O)ccc(-c3nc4ccc(Cl)cc4s3)c12. The van der Waals surface area contributed by atoms with Crippen molar-refractivity contribution in [1.82, 2.24) is 14.9 Å². The number of urea groups is 1. The van der Waals surface area contributed by atoms with Crippen LogP contribution in [0.3, 0.4) is 0 Å². The van der Waals surface area contributed by atoms with E-state index in [1.165, 1.54) is 11.3 Å². The highest BCUT2D eigenvalue weighted by Crippen LogP contribution is 2.57. The number of phenols is 1. The second-order valence-corrected chi connectivity index (χ2v) is 16.2. The first-order chi connectivity index (χ1) is 22.0. The van der Waals surface area contributed by atoms with E-state index in [4.69, 9.17) is 28.2 Å². The summed E-state index contributed by atoms with van der Waals surface area (Å²) in [6.07, 6.45) is 1.86. The molecule has 8 nitrogen and oxygen atoms in total. The van der Waals surface area contributed by atoms with Crippen LogP contribution in [0.1, 0.15) is 39.2 Å². The third-order valence-electron chi connectivity index (χ3n) is 8.67. The van der Waals surface area contributed by atoms with E-state index in [1.807, 2.05) is 48.5 Å². The molecular weight excluding hydrogens is 659 g/mol. The zero-order valence-corrected chi connectivity index (χ0v) is 28.9. The molecule has 0 aliphatic carbocycles. The molecule has 0 atom stereocenters. The molecule has 7 rings (SSSR count). The average molecular weight is 694 g/mol. The Bertz CT molecular complexity index is 1940. The number of hydrogen-bond acceptors (Lipinski definition) is 8. The van der Waals surface area contributed by atoms with E-state index in [-0.39, 0.29) is 16.6 Å². The molecule has 0 radical (unpaired) electrons. The molecule has 2 aliphatic rings. The summed E-state index contributed by atoms with van der Waals surface area (Å²) in [7, 11) is 0. The molecule has 0 bridgehead atoms. The number of thiazole rings is 2. The van der Waals surface area contributed by atoms with Crippen LogP contribution in [0.2, 0.25) is 9.49 Å². The maximum absolute atomic E-state index is 13.1. The Morgan fingerprint density at radius 2 is 1.83 bits per heavy atom. The molecule has 1 spiro atoms. The van der Waals surface area contributed by atoms with Crippen molar-refractivity contribution in [1.29, 1.82) is 0 Å². The highest BCUT2D eigenvalue weighted by Gasteiger charge is 2.48. The van der Waals surface area contributed by atoms with Crippen LogP contribution >= 0.6 is 45.9 Å². The van der Waals surface area contributed by atoms with E-state index in [9.17, 15) is 9.90 Å². The Kier molecular flexibility index (Phi) is 8.13. The number of nitrogens with zero attached hydrogens (tertiary/aromatic N) is 4. The molecule has 5 aromatic rings. The lowest BCUT2D eigenvalue weighted by Gasteiger charge is -2.42. The highest BCUT2D eigenvalue weighted by atomic mass is 35.5. The van der Waals surface area contributed by atoms with Gasteiger partial charge in [-0.3, -0.25) is 5.32 Å². The second-order valence-electron chi connectivity index (χ2n) is 13.3. The number of anilines is 4. The Labute approximate surface area is 286 Å². The molecule has 0 saturated carbocycles. The van der Waals surface area contributed by atoms with Crippen molar-refractivity contribution in [2.45, 2.75) is 39.0 Å². The van der Waals surface area contributed by atoms with Crippen LogP contribution in [-0.4, -0.2) is 52.2 Å². The van der Waals surface area contributed by atoms with Gasteiger partial charge in [-0.15, -0.1) is 22.7 Å². The molecular formula is C34H34Cl2N6O2S2. The van der Waals surface area contributed by atoms with Gasteiger partial charge in [-0.2, -0.15) is 0 Å². The minimum atomic E-state index is -0.426. The molecule has 2 amide bonds. The average Bonchev–Trinajstić information content (AvgIpc) is 3.70. The number of amides is 2. The van der Waals surface area contributed by atoms with Crippen molar-refractivity contribution in [2.24, 2.45) is 5.41 Å². The monoisotopic (exact) mass is 692 g/mol. The summed E-state index contributed by atoms with van der Waals surface area (Å²) in [5.41, 5.74) is 5.19. The molecule has 238 valence electrons. The van der Waals surface area contributed by atoms with Crippen molar-refractivity contribution in [3.8, 4) is 16.3 Å². The number of carbonyl (C=O) groups excluding carboxylic acids is 1. The molecule has 12 heteroatoms. The fourth-order valence-electron chi connectivity index (χ4n) is 6.86. The molecule has 3 aromatic carbocycles. The first-order valence-corrected chi connectivity index (χ1v) is 17.6. The predicted octanol–water partition coefficient (Wildman–Crippen LogP) is 9.61. The fraction of sp³-hybridized carbons (Fsp3) is 0.324. The molecule has 4 heterocycles. The number of carbonyl (C=O) groups is 1. The third-order valence-corrected chi connectivity index (χ3v) is 10.9. The number of likely N-dealkylation sites (tertiary alicyclic amines) is 1. The van der Waals surface area contributed by atoms with Gasteiger partial charge in [0.25, 0.3) is 0 Å². The van der Waals surface area contributed by atoms with Gasteiger partial charge in [0.2, 0.25) is 0 Å². The zero-order chi connectivity index (χ0) is 32.2. The van der Waals surface area contributed by atoms with Crippen molar-refractivity contribution in [2.75, 3.05) is 41.7 Å². The number of aromatic nitrogens is 2. The first kappa shape index (κ1) is 31.2. The van der Waals surface area contributed by atoms with Gasteiger partial charge >= 0.3 is 6.03 Å². The van der Waals surface area contributed by atoms with Crippen molar-refractivity contribution >= 4 is 85.0 Å². The van der Waals surface area contributed by atoms with Gasteiger partial charge in [0, 0.05) is 34.5 Å². The van der Waals surface area contributed by atoms with E-state index < -0.39 is 6.03 Å². The zero-order valence-electron chi connectivity index (χ0n) is 25.7. The second kappa shape index (κ2) is 12.0. The number of phenolic OH excluding ortho intramolecular Hbond substituents is 1. The normalized spacial score (nSPS) is 16.2. The van der Waals surface area contributed by atoms with Gasteiger partial charge in [-0.1, -0.05) is 56.1 Å². The largest absolute Gasteiger partial charge is 0.506 e. The molecule has 3 N–H and O–H groups in total. The van der Waals surface area contributed by atoms with E-state index in [0.717, 1.165) is 70.2 Å². The first-order valence-electron chi connectivity index (χ1n) is 15.2. The number of piperidine rings is 1. The van der Waals surface area contributed by atoms with Crippen molar-refractivity contribution < 1.29 is 9.90 Å². The van der Waals surface area contributed by atoms with E-state index >= 15 is 0 Å². The van der Waals surface area contributed by atoms with Crippen LogP contribution in [0.4, 0.5) is 27.7 Å². The van der Waals surface area contributed by atoms with Gasteiger partial charge < -0.3 is 20.2 Å². The van der Waals surface area contributed by atoms with Crippen molar-refractivity contribution in [3.05, 3.63) is 75.0 Å². The lowest BCUT2D eigenvalue weighted by Crippen LogP contribution is -2.47. The number of nitrogens with one attached hydrogen (secondary N) is 2. The number of hydrogen-bond donors (Lipinski definition) is 3. The van der Waals surface area contributed by atoms with Gasteiger partial charge in [0.15, 0.2) is 4.47 Å².